The molecule has 1 aliphatic rings. The van der Waals surface area contributed by atoms with E-state index in [1.807, 2.05) is 13.8 Å². The summed E-state index contributed by atoms with van der Waals surface area (Å²) in [6.45, 7) is 3.91. The van der Waals surface area contributed by atoms with Crippen molar-refractivity contribution in [1.82, 2.24) is 0 Å². The maximum Gasteiger partial charge on any atom is 0.335 e. The van der Waals surface area contributed by atoms with Gasteiger partial charge >= 0.3 is 5.97 Å². The summed E-state index contributed by atoms with van der Waals surface area (Å²) in [6.07, 6.45) is 2.60. The first-order valence-corrected chi connectivity index (χ1v) is 6.46. The SMILES string of the molecule is CCC1CCC(C)N1c1c(F)cc(C(=O)O)cc1F. The molecule has 0 spiro atoms. The predicted octanol–water partition coefficient (Wildman–Crippen LogP) is 3.43. The van der Waals surface area contributed by atoms with Gasteiger partial charge in [-0.05, 0) is 38.3 Å². The van der Waals surface area contributed by atoms with E-state index < -0.39 is 17.6 Å². The van der Waals surface area contributed by atoms with Crippen molar-refractivity contribution in [2.45, 2.75) is 45.2 Å². The van der Waals surface area contributed by atoms with Crippen LogP contribution >= 0.6 is 0 Å². The van der Waals surface area contributed by atoms with Gasteiger partial charge < -0.3 is 10.0 Å². The van der Waals surface area contributed by atoms with Gasteiger partial charge in [-0.1, -0.05) is 6.92 Å². The maximum atomic E-state index is 14.1. The highest BCUT2D eigenvalue weighted by Gasteiger charge is 2.33. The van der Waals surface area contributed by atoms with Crippen molar-refractivity contribution in [3.8, 4) is 0 Å². The zero-order valence-corrected chi connectivity index (χ0v) is 11.0. The van der Waals surface area contributed by atoms with E-state index in [1.54, 1.807) is 4.90 Å². The highest BCUT2D eigenvalue weighted by molar-refractivity contribution is 5.88. The van der Waals surface area contributed by atoms with Crippen molar-refractivity contribution in [2.24, 2.45) is 0 Å². The minimum atomic E-state index is -1.33. The number of nitrogens with zero attached hydrogens (tertiary/aromatic N) is 1. The third-order valence-corrected chi connectivity index (χ3v) is 3.78. The molecule has 104 valence electrons. The molecule has 1 aromatic rings. The topological polar surface area (TPSA) is 40.5 Å². The molecular weight excluding hydrogens is 252 g/mol. The van der Waals surface area contributed by atoms with Crippen LogP contribution in [0.4, 0.5) is 14.5 Å². The van der Waals surface area contributed by atoms with Crippen LogP contribution in [0.3, 0.4) is 0 Å². The lowest BCUT2D eigenvalue weighted by atomic mass is 10.1. The number of rotatable bonds is 3. The molecule has 3 nitrogen and oxygen atoms in total. The highest BCUT2D eigenvalue weighted by Crippen LogP contribution is 2.35. The van der Waals surface area contributed by atoms with Gasteiger partial charge in [0.1, 0.15) is 17.3 Å². The fourth-order valence-corrected chi connectivity index (χ4v) is 2.81. The molecule has 1 aliphatic heterocycles. The second-order valence-electron chi connectivity index (χ2n) is 4.99. The van der Waals surface area contributed by atoms with Crippen molar-refractivity contribution in [3.05, 3.63) is 29.3 Å². The summed E-state index contributed by atoms with van der Waals surface area (Å²) < 4.78 is 28.1. The van der Waals surface area contributed by atoms with E-state index >= 15 is 0 Å². The number of hydrogen-bond donors (Lipinski definition) is 1. The summed E-state index contributed by atoms with van der Waals surface area (Å²) in [5.41, 5.74) is -0.458. The fraction of sp³-hybridized carbons (Fsp3) is 0.500. The number of carboxylic acid groups (broad SMARTS) is 1. The first-order valence-electron chi connectivity index (χ1n) is 6.46. The van der Waals surface area contributed by atoms with E-state index in [9.17, 15) is 13.6 Å². The van der Waals surface area contributed by atoms with Crippen molar-refractivity contribution < 1.29 is 18.7 Å². The summed E-state index contributed by atoms with van der Waals surface area (Å²) in [6, 6.07) is 1.94. The zero-order valence-electron chi connectivity index (χ0n) is 11.0. The number of aromatic carboxylic acids is 1. The van der Waals surface area contributed by atoms with Gasteiger partial charge in [0.05, 0.1) is 5.56 Å². The molecule has 0 radical (unpaired) electrons. The predicted molar refractivity (Wildman–Crippen MR) is 68.6 cm³/mol. The Morgan fingerprint density at radius 3 is 2.42 bits per heavy atom. The first-order chi connectivity index (χ1) is 8.95. The number of hydrogen-bond acceptors (Lipinski definition) is 2. The lowest BCUT2D eigenvalue weighted by Gasteiger charge is -2.31. The molecule has 0 aromatic heterocycles. The number of carbonyl (C=O) groups is 1. The van der Waals surface area contributed by atoms with E-state index in [1.165, 1.54) is 0 Å². The molecule has 1 fully saturated rings. The van der Waals surface area contributed by atoms with E-state index in [2.05, 4.69) is 0 Å². The van der Waals surface area contributed by atoms with E-state index in [4.69, 9.17) is 5.11 Å². The normalized spacial score (nSPS) is 22.8. The van der Waals surface area contributed by atoms with Crippen LogP contribution in [0.25, 0.3) is 0 Å². The summed E-state index contributed by atoms with van der Waals surface area (Å²) in [4.78, 5) is 12.5. The molecular formula is C14H17F2NO2. The Balaban J connectivity index is 2.47. The molecule has 1 heterocycles. The maximum absolute atomic E-state index is 14.1. The molecule has 0 saturated carbocycles. The van der Waals surface area contributed by atoms with Crippen LogP contribution in [0, 0.1) is 11.6 Å². The quantitative estimate of drug-likeness (QED) is 0.914. The summed E-state index contributed by atoms with van der Waals surface area (Å²) in [5, 5.41) is 8.79. The van der Waals surface area contributed by atoms with Crippen LogP contribution in [0.1, 0.15) is 43.5 Å². The van der Waals surface area contributed by atoms with Gasteiger partial charge in [0.25, 0.3) is 0 Å². The van der Waals surface area contributed by atoms with Crippen LogP contribution in [-0.4, -0.2) is 23.2 Å². The van der Waals surface area contributed by atoms with Gasteiger partial charge in [-0.3, -0.25) is 0 Å². The van der Waals surface area contributed by atoms with Crippen LogP contribution in [0.2, 0.25) is 0 Å². The lowest BCUT2D eigenvalue weighted by Crippen LogP contribution is -2.35. The minimum Gasteiger partial charge on any atom is -0.478 e. The van der Waals surface area contributed by atoms with Crippen molar-refractivity contribution >= 4 is 11.7 Å². The van der Waals surface area contributed by atoms with Crippen molar-refractivity contribution in [2.75, 3.05) is 4.90 Å². The van der Waals surface area contributed by atoms with Gasteiger partial charge in [0, 0.05) is 12.1 Å². The van der Waals surface area contributed by atoms with Crippen LogP contribution < -0.4 is 4.90 Å². The average molecular weight is 269 g/mol. The fourth-order valence-electron chi connectivity index (χ4n) is 2.81. The molecule has 0 aliphatic carbocycles. The van der Waals surface area contributed by atoms with Gasteiger partial charge in [-0.2, -0.15) is 0 Å². The molecule has 1 aromatic carbocycles. The Morgan fingerprint density at radius 2 is 1.95 bits per heavy atom. The number of benzene rings is 1. The third kappa shape index (κ3) is 2.41. The van der Waals surface area contributed by atoms with Crippen LogP contribution in [0.5, 0.6) is 0 Å². The Bertz CT molecular complexity index is 481. The smallest absolute Gasteiger partial charge is 0.335 e. The van der Waals surface area contributed by atoms with Gasteiger partial charge in [-0.25, -0.2) is 13.6 Å². The summed E-state index contributed by atoms with van der Waals surface area (Å²) in [7, 11) is 0. The lowest BCUT2D eigenvalue weighted by molar-refractivity contribution is 0.0696. The minimum absolute atomic E-state index is 0.0598. The van der Waals surface area contributed by atoms with Gasteiger partial charge in [0.15, 0.2) is 0 Å². The molecule has 0 bridgehead atoms. The summed E-state index contributed by atoms with van der Waals surface area (Å²) >= 11 is 0. The Hall–Kier alpha value is -1.65. The standard InChI is InChI=1S/C14H17F2NO2/c1-3-10-5-4-8(2)17(10)13-11(15)6-9(14(18)19)7-12(13)16/h6-8,10H,3-5H2,1-2H3,(H,18,19). The van der Waals surface area contributed by atoms with E-state index in [0.29, 0.717) is 0 Å². The van der Waals surface area contributed by atoms with Crippen LogP contribution in [-0.2, 0) is 0 Å². The van der Waals surface area contributed by atoms with Crippen molar-refractivity contribution in [1.29, 1.82) is 0 Å². The molecule has 19 heavy (non-hydrogen) atoms. The summed E-state index contributed by atoms with van der Waals surface area (Å²) in [5.74, 6) is -2.93. The largest absolute Gasteiger partial charge is 0.478 e. The second-order valence-corrected chi connectivity index (χ2v) is 4.99. The molecule has 2 atom stereocenters. The molecule has 0 amide bonds. The number of carboxylic acids is 1. The van der Waals surface area contributed by atoms with E-state index in [0.717, 1.165) is 31.4 Å². The Kier molecular flexibility index (Phi) is 3.73. The Labute approximate surface area is 110 Å². The highest BCUT2D eigenvalue weighted by atomic mass is 19.1. The molecule has 2 rings (SSSR count). The van der Waals surface area contributed by atoms with Crippen molar-refractivity contribution in [3.63, 3.8) is 0 Å². The van der Waals surface area contributed by atoms with E-state index in [-0.39, 0.29) is 23.3 Å². The molecule has 1 N–H and O–H groups in total. The second kappa shape index (κ2) is 5.15. The van der Waals surface area contributed by atoms with Gasteiger partial charge in [-0.15, -0.1) is 0 Å². The monoisotopic (exact) mass is 269 g/mol. The molecule has 5 heteroatoms. The molecule has 2 unspecified atom stereocenters. The number of anilines is 1. The third-order valence-electron chi connectivity index (χ3n) is 3.78. The number of halogens is 2. The van der Waals surface area contributed by atoms with Crippen LogP contribution in [0.15, 0.2) is 12.1 Å². The first kappa shape index (κ1) is 13.8. The zero-order chi connectivity index (χ0) is 14.2. The Morgan fingerprint density at radius 1 is 1.37 bits per heavy atom. The molecule has 1 saturated heterocycles. The average Bonchev–Trinajstić information content (AvgIpc) is 2.70. The van der Waals surface area contributed by atoms with Gasteiger partial charge in [0.2, 0.25) is 0 Å².